The molecule has 21 heavy (non-hydrogen) atoms. The van der Waals surface area contributed by atoms with E-state index in [-0.39, 0.29) is 13.0 Å². The molecule has 2 N–H and O–H groups in total. The largest absolute Gasteiger partial charge is 0.480 e. The summed E-state index contributed by atoms with van der Waals surface area (Å²) in [5, 5.41) is 9.07. The molecule has 0 radical (unpaired) electrons. The molecule has 0 saturated carbocycles. The fourth-order valence-corrected chi connectivity index (χ4v) is 3.67. The van der Waals surface area contributed by atoms with E-state index >= 15 is 0 Å². The highest BCUT2D eigenvalue weighted by Gasteiger charge is 2.37. The van der Waals surface area contributed by atoms with E-state index < -0.39 is 39.5 Å². The minimum atomic E-state index is -4.27. The second kappa shape index (κ2) is 5.94. The first-order valence-corrected chi connectivity index (χ1v) is 7.73. The Morgan fingerprint density at radius 1 is 1.33 bits per heavy atom. The van der Waals surface area contributed by atoms with Gasteiger partial charge in [-0.05, 0) is 31.4 Å². The van der Waals surface area contributed by atoms with Gasteiger partial charge in [-0.3, -0.25) is 9.52 Å². The van der Waals surface area contributed by atoms with E-state index in [1.165, 1.54) is 0 Å². The summed E-state index contributed by atoms with van der Waals surface area (Å²) >= 11 is 0. The fourth-order valence-electron chi connectivity index (χ4n) is 2.22. The second-order valence-electron chi connectivity index (χ2n) is 4.67. The molecule has 0 amide bonds. The number of carbonyl (C=O) groups is 1. The van der Waals surface area contributed by atoms with Gasteiger partial charge >= 0.3 is 16.2 Å². The van der Waals surface area contributed by atoms with Gasteiger partial charge in [-0.15, -0.1) is 0 Å². The zero-order chi connectivity index (χ0) is 15.6. The van der Waals surface area contributed by atoms with E-state index in [1.54, 1.807) is 0 Å². The maximum atomic E-state index is 13.5. The Balaban J connectivity index is 2.28. The molecule has 6 nitrogen and oxygen atoms in total. The summed E-state index contributed by atoms with van der Waals surface area (Å²) in [6.07, 6.45) is 1.29. The van der Waals surface area contributed by atoms with Crippen molar-refractivity contribution in [2.24, 2.45) is 0 Å². The Kier molecular flexibility index (Phi) is 4.43. The summed E-state index contributed by atoms with van der Waals surface area (Å²) in [7, 11) is -4.27. The van der Waals surface area contributed by atoms with E-state index in [0.717, 1.165) is 22.5 Å². The normalized spacial score (nSPS) is 20.2. The molecular formula is C12H14F2N2O4S. The third-order valence-electron chi connectivity index (χ3n) is 3.24. The molecule has 1 aliphatic heterocycles. The molecule has 1 aromatic rings. The molecule has 0 bridgehead atoms. The number of hydrogen-bond donors (Lipinski definition) is 2. The number of carboxylic acids is 1. The molecule has 1 aliphatic rings. The van der Waals surface area contributed by atoms with Gasteiger partial charge in [0.1, 0.15) is 6.04 Å². The number of hydrogen-bond acceptors (Lipinski definition) is 3. The maximum Gasteiger partial charge on any atom is 0.322 e. The lowest BCUT2D eigenvalue weighted by Gasteiger charge is -2.31. The lowest BCUT2D eigenvalue weighted by molar-refractivity contribution is -0.142. The molecule has 1 unspecified atom stereocenters. The fraction of sp³-hybridized carbons (Fsp3) is 0.417. The highest BCUT2D eigenvalue weighted by molar-refractivity contribution is 7.90. The third kappa shape index (κ3) is 3.30. The molecule has 0 aliphatic carbocycles. The van der Waals surface area contributed by atoms with E-state index in [4.69, 9.17) is 5.11 Å². The Morgan fingerprint density at radius 2 is 2.05 bits per heavy atom. The molecule has 1 fully saturated rings. The number of halogens is 2. The maximum absolute atomic E-state index is 13.5. The monoisotopic (exact) mass is 320 g/mol. The lowest BCUT2D eigenvalue weighted by Crippen LogP contribution is -2.50. The Hall–Kier alpha value is -1.74. The molecule has 1 heterocycles. The molecule has 1 saturated heterocycles. The van der Waals surface area contributed by atoms with Gasteiger partial charge in [0.25, 0.3) is 0 Å². The summed E-state index contributed by atoms with van der Waals surface area (Å²) in [4.78, 5) is 11.1. The topological polar surface area (TPSA) is 86.7 Å². The predicted molar refractivity (Wildman–Crippen MR) is 70.9 cm³/mol. The highest BCUT2D eigenvalue weighted by Crippen LogP contribution is 2.24. The zero-order valence-corrected chi connectivity index (χ0v) is 11.7. The van der Waals surface area contributed by atoms with Crippen molar-refractivity contribution in [1.82, 2.24) is 4.31 Å². The van der Waals surface area contributed by atoms with Crippen molar-refractivity contribution in [3.63, 3.8) is 0 Å². The lowest BCUT2D eigenvalue weighted by atomic mass is 10.1. The van der Waals surface area contributed by atoms with Crippen molar-refractivity contribution >= 4 is 21.9 Å². The number of nitrogens with zero attached hydrogens (tertiary/aromatic N) is 1. The first-order chi connectivity index (χ1) is 9.83. The van der Waals surface area contributed by atoms with Crippen molar-refractivity contribution in [2.45, 2.75) is 25.3 Å². The molecule has 116 valence electrons. The summed E-state index contributed by atoms with van der Waals surface area (Å²) in [6, 6.07) is 1.87. The highest BCUT2D eigenvalue weighted by atomic mass is 32.2. The third-order valence-corrected chi connectivity index (χ3v) is 4.77. The van der Waals surface area contributed by atoms with Crippen LogP contribution in [-0.2, 0) is 15.0 Å². The molecule has 0 spiro atoms. The number of rotatable bonds is 4. The number of carboxylic acid groups (broad SMARTS) is 1. The number of aliphatic carboxylic acids is 1. The van der Waals surface area contributed by atoms with Crippen molar-refractivity contribution < 1.29 is 27.1 Å². The zero-order valence-electron chi connectivity index (χ0n) is 10.9. The van der Waals surface area contributed by atoms with Gasteiger partial charge in [-0.25, -0.2) is 8.78 Å². The standard InChI is InChI=1S/C12H14F2N2O4S/c13-8-4-3-5-9(11(8)14)15-21(19,20)16-7-2-1-6-10(16)12(17)18/h3-5,10,15H,1-2,6-7H2,(H,17,18). The number of benzene rings is 1. The van der Waals surface area contributed by atoms with Crippen LogP contribution < -0.4 is 4.72 Å². The number of nitrogens with one attached hydrogen (secondary N) is 1. The second-order valence-corrected chi connectivity index (χ2v) is 6.29. The summed E-state index contributed by atoms with van der Waals surface area (Å²) in [5.74, 6) is -3.78. The summed E-state index contributed by atoms with van der Waals surface area (Å²) in [5.41, 5.74) is -0.551. The SMILES string of the molecule is O=C(O)C1CCCCN1S(=O)(=O)Nc1cccc(F)c1F. The van der Waals surface area contributed by atoms with Crippen LogP contribution in [0.5, 0.6) is 0 Å². The minimum Gasteiger partial charge on any atom is -0.480 e. The summed E-state index contributed by atoms with van der Waals surface area (Å²) < 4.78 is 53.7. The van der Waals surface area contributed by atoms with Crippen LogP contribution in [0.25, 0.3) is 0 Å². The van der Waals surface area contributed by atoms with Crippen molar-refractivity contribution in [3.05, 3.63) is 29.8 Å². The minimum absolute atomic E-state index is 0.0171. The van der Waals surface area contributed by atoms with Crippen LogP contribution in [-0.4, -0.2) is 36.4 Å². The molecule has 0 aromatic heterocycles. The van der Waals surface area contributed by atoms with Crippen molar-refractivity contribution in [2.75, 3.05) is 11.3 Å². The van der Waals surface area contributed by atoms with Crippen LogP contribution in [0, 0.1) is 11.6 Å². The number of piperidine rings is 1. The first-order valence-electron chi connectivity index (χ1n) is 6.29. The molecule has 1 atom stereocenters. The average molecular weight is 320 g/mol. The molecule has 1 aromatic carbocycles. The van der Waals surface area contributed by atoms with Crippen LogP contribution in [0.3, 0.4) is 0 Å². The summed E-state index contributed by atoms with van der Waals surface area (Å²) in [6.45, 7) is 0.0171. The van der Waals surface area contributed by atoms with E-state index in [2.05, 4.69) is 0 Å². The van der Waals surface area contributed by atoms with Crippen molar-refractivity contribution in [3.8, 4) is 0 Å². The van der Waals surface area contributed by atoms with Gasteiger partial charge in [-0.2, -0.15) is 12.7 Å². The van der Waals surface area contributed by atoms with Crippen LogP contribution in [0.1, 0.15) is 19.3 Å². The van der Waals surface area contributed by atoms with Gasteiger partial charge in [0.2, 0.25) is 0 Å². The van der Waals surface area contributed by atoms with E-state index in [0.29, 0.717) is 12.8 Å². The smallest absolute Gasteiger partial charge is 0.322 e. The van der Waals surface area contributed by atoms with Gasteiger partial charge in [0, 0.05) is 6.54 Å². The number of anilines is 1. The van der Waals surface area contributed by atoms with Crippen molar-refractivity contribution in [1.29, 1.82) is 0 Å². The van der Waals surface area contributed by atoms with Crippen LogP contribution >= 0.6 is 0 Å². The van der Waals surface area contributed by atoms with Gasteiger partial charge in [0.05, 0.1) is 5.69 Å². The Morgan fingerprint density at radius 3 is 2.71 bits per heavy atom. The van der Waals surface area contributed by atoms with Crippen LogP contribution in [0.2, 0.25) is 0 Å². The Labute approximate surface area is 120 Å². The predicted octanol–water partition coefficient (Wildman–Crippen LogP) is 1.56. The molecule has 2 rings (SSSR count). The van der Waals surface area contributed by atoms with E-state index in [1.807, 2.05) is 4.72 Å². The average Bonchev–Trinajstić information content (AvgIpc) is 2.44. The van der Waals surface area contributed by atoms with Gasteiger partial charge in [-0.1, -0.05) is 6.07 Å². The Bertz CT molecular complexity index is 651. The van der Waals surface area contributed by atoms with Gasteiger partial charge in [0.15, 0.2) is 11.6 Å². The van der Waals surface area contributed by atoms with E-state index in [9.17, 15) is 22.0 Å². The van der Waals surface area contributed by atoms with Crippen LogP contribution in [0.4, 0.5) is 14.5 Å². The molecule has 9 heteroatoms. The molecular weight excluding hydrogens is 306 g/mol. The van der Waals surface area contributed by atoms with Crippen LogP contribution in [0.15, 0.2) is 18.2 Å². The van der Waals surface area contributed by atoms with Gasteiger partial charge < -0.3 is 5.11 Å². The quantitative estimate of drug-likeness (QED) is 0.881. The first kappa shape index (κ1) is 15.6.